The molecule has 0 aromatic carbocycles. The van der Waals surface area contributed by atoms with Crippen molar-refractivity contribution < 1.29 is 19.4 Å². The molecule has 0 radical (unpaired) electrons. The summed E-state index contributed by atoms with van der Waals surface area (Å²) in [6.07, 6.45) is 6.73. The molecule has 0 aromatic heterocycles. The van der Waals surface area contributed by atoms with Crippen molar-refractivity contribution in [1.29, 1.82) is 0 Å². The molecule has 1 saturated carbocycles. The summed E-state index contributed by atoms with van der Waals surface area (Å²) in [6.45, 7) is 0.913. The number of aliphatic hydroxyl groups excluding tert-OH is 1. The van der Waals surface area contributed by atoms with Crippen molar-refractivity contribution in [1.82, 2.24) is 0 Å². The number of hydrogen-bond acceptors (Lipinski definition) is 4. The fourth-order valence-electron chi connectivity index (χ4n) is 1.72. The molecule has 0 spiro atoms. The predicted octanol–water partition coefficient (Wildman–Crippen LogP) is 1.65. The lowest BCUT2D eigenvalue weighted by molar-refractivity contribution is -0.157. The van der Waals surface area contributed by atoms with Crippen molar-refractivity contribution in [2.24, 2.45) is 0 Å². The first-order chi connectivity index (χ1) is 7.75. The summed E-state index contributed by atoms with van der Waals surface area (Å²) in [5.74, 6) is -0.229. The minimum absolute atomic E-state index is 0.229. The Kier molecular flexibility index (Phi) is 5.77. The second kappa shape index (κ2) is 6.86. The minimum atomic E-state index is -0.597. The molecule has 1 fully saturated rings. The van der Waals surface area contributed by atoms with E-state index in [9.17, 15) is 4.79 Å². The van der Waals surface area contributed by atoms with Crippen molar-refractivity contribution in [3.05, 3.63) is 0 Å². The van der Waals surface area contributed by atoms with Crippen molar-refractivity contribution in [3.8, 4) is 0 Å². The van der Waals surface area contributed by atoms with E-state index in [4.69, 9.17) is 14.6 Å². The lowest BCUT2D eigenvalue weighted by Gasteiger charge is -2.13. The molecule has 16 heavy (non-hydrogen) atoms. The summed E-state index contributed by atoms with van der Waals surface area (Å²) in [5, 5.41) is 8.60. The topological polar surface area (TPSA) is 55.8 Å². The Hall–Kier alpha value is -0.610. The van der Waals surface area contributed by atoms with E-state index in [0.29, 0.717) is 6.61 Å². The van der Waals surface area contributed by atoms with Crippen LogP contribution in [0.1, 0.15) is 44.9 Å². The first-order valence-corrected chi connectivity index (χ1v) is 6.08. The first kappa shape index (κ1) is 13.5. The smallest absolute Gasteiger partial charge is 0.338 e. The van der Waals surface area contributed by atoms with Gasteiger partial charge in [-0.3, -0.25) is 0 Å². The monoisotopic (exact) mass is 230 g/mol. The highest BCUT2D eigenvalue weighted by Gasteiger charge is 2.52. The van der Waals surface area contributed by atoms with E-state index in [1.54, 1.807) is 0 Å². The van der Waals surface area contributed by atoms with Crippen LogP contribution in [0.2, 0.25) is 0 Å². The maximum Gasteiger partial charge on any atom is 0.338 e. The van der Waals surface area contributed by atoms with Crippen LogP contribution in [0.15, 0.2) is 0 Å². The van der Waals surface area contributed by atoms with Gasteiger partial charge in [0.1, 0.15) is 0 Å². The largest absolute Gasteiger partial charge is 0.467 e. The standard InChI is InChI=1S/C12H22O4/c1-15-11(14)12(7-8-12)16-10-6-4-2-3-5-9-13/h13H,2-10H2,1H3. The molecule has 0 atom stereocenters. The molecule has 0 unspecified atom stereocenters. The van der Waals surface area contributed by atoms with Gasteiger partial charge < -0.3 is 14.6 Å². The molecule has 0 bridgehead atoms. The first-order valence-electron chi connectivity index (χ1n) is 6.08. The molecule has 0 heterocycles. The third kappa shape index (κ3) is 4.10. The zero-order valence-electron chi connectivity index (χ0n) is 10.0. The quantitative estimate of drug-likeness (QED) is 0.483. The van der Waals surface area contributed by atoms with Crippen LogP contribution in [-0.2, 0) is 14.3 Å². The van der Waals surface area contributed by atoms with E-state index in [2.05, 4.69) is 0 Å². The number of carbonyl (C=O) groups excluding carboxylic acids is 1. The number of hydrogen-bond donors (Lipinski definition) is 1. The Morgan fingerprint density at radius 2 is 1.81 bits per heavy atom. The van der Waals surface area contributed by atoms with Crippen LogP contribution in [0.25, 0.3) is 0 Å². The molecule has 4 nitrogen and oxygen atoms in total. The molecule has 1 aliphatic rings. The SMILES string of the molecule is COC(=O)C1(OCCCCCCCO)CC1. The second-order valence-corrected chi connectivity index (χ2v) is 4.33. The van der Waals surface area contributed by atoms with Crippen LogP contribution in [0, 0.1) is 0 Å². The predicted molar refractivity (Wildman–Crippen MR) is 60.1 cm³/mol. The lowest BCUT2D eigenvalue weighted by atomic mass is 10.1. The molecule has 4 heteroatoms. The van der Waals surface area contributed by atoms with Gasteiger partial charge in [-0.25, -0.2) is 4.79 Å². The fraction of sp³-hybridized carbons (Fsp3) is 0.917. The van der Waals surface area contributed by atoms with Crippen molar-refractivity contribution in [2.75, 3.05) is 20.3 Å². The summed E-state index contributed by atoms with van der Waals surface area (Å²) in [7, 11) is 1.40. The van der Waals surface area contributed by atoms with E-state index >= 15 is 0 Å². The van der Waals surface area contributed by atoms with Gasteiger partial charge in [-0.1, -0.05) is 19.3 Å². The van der Waals surface area contributed by atoms with Crippen LogP contribution in [0.5, 0.6) is 0 Å². The molecular formula is C12H22O4. The van der Waals surface area contributed by atoms with Gasteiger partial charge in [-0.2, -0.15) is 0 Å². The summed E-state index contributed by atoms with van der Waals surface area (Å²) in [6, 6.07) is 0. The molecule has 0 aromatic rings. The number of unbranched alkanes of at least 4 members (excludes halogenated alkanes) is 4. The third-order valence-electron chi connectivity index (χ3n) is 2.94. The van der Waals surface area contributed by atoms with E-state index in [1.165, 1.54) is 7.11 Å². The van der Waals surface area contributed by atoms with Gasteiger partial charge in [-0.05, 0) is 25.7 Å². The normalized spacial score (nSPS) is 17.1. The van der Waals surface area contributed by atoms with Crippen molar-refractivity contribution in [2.45, 2.75) is 50.5 Å². The average molecular weight is 230 g/mol. The number of rotatable bonds is 9. The number of methoxy groups -OCH3 is 1. The molecule has 94 valence electrons. The molecule has 1 aliphatic carbocycles. The fourth-order valence-corrected chi connectivity index (χ4v) is 1.72. The van der Waals surface area contributed by atoms with Crippen molar-refractivity contribution in [3.63, 3.8) is 0 Å². The zero-order chi connectivity index (χ0) is 11.9. The van der Waals surface area contributed by atoms with Gasteiger partial charge in [0.25, 0.3) is 0 Å². The Bertz CT molecular complexity index is 211. The number of aliphatic hydroxyl groups is 1. The van der Waals surface area contributed by atoms with E-state index in [-0.39, 0.29) is 12.6 Å². The molecule has 0 amide bonds. The Balaban J connectivity index is 1.97. The highest BCUT2D eigenvalue weighted by atomic mass is 16.6. The maximum atomic E-state index is 11.3. The van der Waals surface area contributed by atoms with E-state index < -0.39 is 5.60 Å². The molecule has 0 aliphatic heterocycles. The second-order valence-electron chi connectivity index (χ2n) is 4.33. The van der Waals surface area contributed by atoms with Gasteiger partial charge in [0.2, 0.25) is 0 Å². The molecule has 1 rings (SSSR count). The Morgan fingerprint density at radius 3 is 2.38 bits per heavy atom. The molecule has 1 N–H and O–H groups in total. The molecular weight excluding hydrogens is 208 g/mol. The van der Waals surface area contributed by atoms with Gasteiger partial charge in [0, 0.05) is 13.2 Å². The number of ether oxygens (including phenoxy) is 2. The van der Waals surface area contributed by atoms with Gasteiger partial charge in [0.05, 0.1) is 7.11 Å². The summed E-state index contributed by atoms with van der Waals surface area (Å²) >= 11 is 0. The summed E-state index contributed by atoms with van der Waals surface area (Å²) in [5.41, 5.74) is -0.597. The minimum Gasteiger partial charge on any atom is -0.467 e. The van der Waals surface area contributed by atoms with Gasteiger partial charge in [-0.15, -0.1) is 0 Å². The Labute approximate surface area is 96.9 Å². The highest BCUT2D eigenvalue weighted by Crippen LogP contribution is 2.40. The maximum absolute atomic E-state index is 11.3. The van der Waals surface area contributed by atoms with Crippen LogP contribution >= 0.6 is 0 Å². The zero-order valence-corrected chi connectivity index (χ0v) is 10.0. The number of esters is 1. The van der Waals surface area contributed by atoms with Gasteiger partial charge in [0.15, 0.2) is 5.60 Å². The summed E-state index contributed by atoms with van der Waals surface area (Å²) in [4.78, 5) is 11.3. The van der Waals surface area contributed by atoms with E-state index in [1.807, 2.05) is 0 Å². The highest BCUT2D eigenvalue weighted by molar-refractivity contribution is 5.82. The van der Waals surface area contributed by atoms with E-state index in [0.717, 1.165) is 44.9 Å². The Morgan fingerprint density at radius 1 is 1.19 bits per heavy atom. The van der Waals surface area contributed by atoms with Crippen LogP contribution < -0.4 is 0 Å². The lowest BCUT2D eigenvalue weighted by Crippen LogP contribution is -2.28. The number of carbonyl (C=O) groups is 1. The third-order valence-corrected chi connectivity index (χ3v) is 2.94. The van der Waals surface area contributed by atoms with Crippen LogP contribution in [-0.4, -0.2) is 37.0 Å². The molecule has 0 saturated heterocycles. The average Bonchev–Trinajstić information content (AvgIpc) is 3.08. The van der Waals surface area contributed by atoms with Crippen molar-refractivity contribution >= 4 is 5.97 Å². The summed E-state index contributed by atoms with van der Waals surface area (Å²) < 4.78 is 10.3. The van der Waals surface area contributed by atoms with Crippen LogP contribution in [0.4, 0.5) is 0 Å². The van der Waals surface area contributed by atoms with Crippen LogP contribution in [0.3, 0.4) is 0 Å². The van der Waals surface area contributed by atoms with Gasteiger partial charge >= 0.3 is 5.97 Å².